The minimum absolute atomic E-state index is 0.174. The molecule has 0 unspecified atom stereocenters. The normalized spacial score (nSPS) is 18.5. The first-order valence-corrected chi connectivity index (χ1v) is 9.67. The molecule has 0 aliphatic carbocycles. The lowest BCUT2D eigenvalue weighted by Gasteiger charge is -2.38. The molecule has 1 aliphatic heterocycles. The second-order valence-corrected chi connectivity index (χ2v) is 7.88. The van der Waals surface area contributed by atoms with Gasteiger partial charge in [-0.2, -0.15) is 0 Å². The van der Waals surface area contributed by atoms with Gasteiger partial charge in [0.15, 0.2) is 0 Å². The largest absolute Gasteiger partial charge is 0.322 e. The van der Waals surface area contributed by atoms with E-state index < -0.39 is 0 Å². The smallest absolute Gasteiger partial charge is 0.257 e. The summed E-state index contributed by atoms with van der Waals surface area (Å²) in [5, 5.41) is 3.62. The number of likely N-dealkylation sites (N-methyl/N-ethyl adjacent to an activating group) is 1. The third-order valence-electron chi connectivity index (χ3n) is 5.34. The molecule has 2 heterocycles. The number of nitrogens with one attached hydrogen (secondary N) is 1. The summed E-state index contributed by atoms with van der Waals surface area (Å²) in [4.78, 5) is 21.6. The van der Waals surface area contributed by atoms with Gasteiger partial charge in [0.2, 0.25) is 0 Å². The number of hydrogen-bond donors (Lipinski definition) is 1. The Labute approximate surface area is 166 Å². The minimum Gasteiger partial charge on any atom is -0.322 e. The number of carbonyl (C=O) groups is 1. The lowest BCUT2D eigenvalue weighted by Crippen LogP contribution is -2.49. The van der Waals surface area contributed by atoms with E-state index >= 15 is 0 Å². The van der Waals surface area contributed by atoms with E-state index in [2.05, 4.69) is 34.1 Å². The van der Waals surface area contributed by atoms with Crippen molar-refractivity contribution >= 4 is 23.2 Å². The maximum absolute atomic E-state index is 12.6. The lowest BCUT2D eigenvalue weighted by molar-refractivity contribution is 0.0998. The van der Waals surface area contributed by atoms with Gasteiger partial charge in [-0.15, -0.1) is 0 Å². The van der Waals surface area contributed by atoms with E-state index in [1.54, 1.807) is 12.3 Å². The highest BCUT2D eigenvalue weighted by atomic mass is 35.5. The Morgan fingerprint density at radius 3 is 2.74 bits per heavy atom. The molecule has 1 amide bonds. The number of nitrogens with zero attached hydrogens (tertiary/aromatic N) is 3. The molecule has 1 aromatic heterocycles. The fraction of sp³-hybridized carbons (Fsp3) is 0.429. The zero-order valence-corrected chi connectivity index (χ0v) is 17.2. The van der Waals surface area contributed by atoms with Crippen molar-refractivity contribution in [1.82, 2.24) is 14.8 Å². The van der Waals surface area contributed by atoms with Gasteiger partial charge in [-0.3, -0.25) is 14.7 Å². The summed E-state index contributed by atoms with van der Waals surface area (Å²) in [5.41, 5.74) is 4.38. The van der Waals surface area contributed by atoms with Crippen LogP contribution < -0.4 is 5.32 Å². The first-order valence-electron chi connectivity index (χ1n) is 9.29. The van der Waals surface area contributed by atoms with Crippen LogP contribution in [0.2, 0.25) is 5.02 Å². The van der Waals surface area contributed by atoms with Gasteiger partial charge in [0, 0.05) is 54.8 Å². The number of amides is 1. The first-order chi connectivity index (χ1) is 12.8. The predicted octanol–water partition coefficient (Wildman–Crippen LogP) is 3.74. The van der Waals surface area contributed by atoms with Crippen LogP contribution in [0.3, 0.4) is 0 Å². The van der Waals surface area contributed by atoms with Crippen LogP contribution in [0, 0.1) is 13.8 Å². The van der Waals surface area contributed by atoms with E-state index in [1.807, 2.05) is 32.0 Å². The van der Waals surface area contributed by atoms with Crippen LogP contribution in [-0.4, -0.2) is 53.4 Å². The predicted molar refractivity (Wildman–Crippen MR) is 110 cm³/mol. The van der Waals surface area contributed by atoms with E-state index in [1.165, 1.54) is 0 Å². The molecule has 0 spiro atoms. The molecular weight excluding hydrogens is 360 g/mol. The van der Waals surface area contributed by atoms with Gasteiger partial charge in [-0.25, -0.2) is 0 Å². The Balaban J connectivity index is 1.77. The zero-order chi connectivity index (χ0) is 19.6. The van der Waals surface area contributed by atoms with Gasteiger partial charge >= 0.3 is 0 Å². The van der Waals surface area contributed by atoms with Crippen LogP contribution in [0.4, 0.5) is 5.69 Å². The number of rotatable bonds is 4. The number of piperazine rings is 1. The van der Waals surface area contributed by atoms with Crippen molar-refractivity contribution in [1.29, 1.82) is 0 Å². The highest BCUT2D eigenvalue weighted by molar-refractivity contribution is 6.31. The maximum Gasteiger partial charge on any atom is 0.257 e. The average Bonchev–Trinajstić information content (AvgIpc) is 2.62. The number of halogens is 1. The van der Waals surface area contributed by atoms with Gasteiger partial charge < -0.3 is 10.2 Å². The number of benzene rings is 1. The SMILES string of the molecule is Cc1ccc(C(=O)Nc2cc(Cl)cc(CN3CCN(C)[C@@H](C)C3)c2C)cn1. The molecule has 1 fully saturated rings. The summed E-state index contributed by atoms with van der Waals surface area (Å²) in [6.45, 7) is 10.1. The number of carbonyl (C=O) groups excluding carboxylic acids is 1. The molecule has 2 aromatic rings. The molecule has 0 radical (unpaired) electrons. The fourth-order valence-corrected chi connectivity index (χ4v) is 3.58. The van der Waals surface area contributed by atoms with Crippen molar-refractivity contribution < 1.29 is 4.79 Å². The molecule has 0 bridgehead atoms. The highest BCUT2D eigenvalue weighted by Crippen LogP contribution is 2.27. The number of aryl methyl sites for hydroxylation is 1. The van der Waals surface area contributed by atoms with Gasteiger partial charge in [-0.1, -0.05) is 11.6 Å². The van der Waals surface area contributed by atoms with Crippen molar-refractivity contribution in [3.05, 3.63) is 57.9 Å². The van der Waals surface area contributed by atoms with Crippen LogP contribution in [0.1, 0.15) is 34.1 Å². The number of anilines is 1. The highest BCUT2D eigenvalue weighted by Gasteiger charge is 2.21. The van der Waals surface area contributed by atoms with Gasteiger partial charge in [-0.05, 0) is 63.2 Å². The molecule has 6 heteroatoms. The number of aromatic nitrogens is 1. The summed E-state index contributed by atoms with van der Waals surface area (Å²) in [6.07, 6.45) is 1.59. The standard InChI is InChI=1S/C21H27ClN4O/c1-14-5-6-17(11-23-14)21(27)24-20-10-19(22)9-18(16(20)3)13-26-8-7-25(4)15(2)12-26/h5-6,9-11,15H,7-8,12-13H2,1-4H3,(H,24,27)/t15-/m0/s1. The number of pyridine rings is 1. The minimum atomic E-state index is -0.174. The number of hydrogen-bond acceptors (Lipinski definition) is 4. The van der Waals surface area contributed by atoms with Gasteiger partial charge in [0.25, 0.3) is 5.91 Å². The molecule has 1 aromatic carbocycles. The van der Waals surface area contributed by atoms with Crippen molar-refractivity contribution in [2.24, 2.45) is 0 Å². The van der Waals surface area contributed by atoms with E-state index in [0.29, 0.717) is 16.6 Å². The summed E-state index contributed by atoms with van der Waals surface area (Å²) >= 11 is 6.35. The first kappa shape index (κ1) is 19.8. The van der Waals surface area contributed by atoms with E-state index in [-0.39, 0.29) is 5.91 Å². The third kappa shape index (κ3) is 4.86. The fourth-order valence-electron chi connectivity index (χ4n) is 3.33. The van der Waals surface area contributed by atoms with Crippen molar-refractivity contribution in [2.45, 2.75) is 33.4 Å². The Morgan fingerprint density at radius 1 is 1.30 bits per heavy atom. The average molecular weight is 387 g/mol. The van der Waals surface area contributed by atoms with Crippen molar-refractivity contribution in [2.75, 3.05) is 32.0 Å². The van der Waals surface area contributed by atoms with Crippen molar-refractivity contribution in [3.8, 4) is 0 Å². The van der Waals surface area contributed by atoms with Crippen LogP contribution in [0.25, 0.3) is 0 Å². The van der Waals surface area contributed by atoms with E-state index in [4.69, 9.17) is 11.6 Å². The molecule has 0 saturated carbocycles. The van der Waals surface area contributed by atoms with Crippen LogP contribution in [0.15, 0.2) is 30.5 Å². The molecule has 1 N–H and O–H groups in total. The summed E-state index contributed by atoms with van der Waals surface area (Å²) in [7, 11) is 2.17. The quantitative estimate of drug-likeness (QED) is 0.869. The topological polar surface area (TPSA) is 48.5 Å². The molecule has 144 valence electrons. The lowest BCUT2D eigenvalue weighted by atomic mass is 10.0. The zero-order valence-electron chi connectivity index (χ0n) is 16.4. The van der Waals surface area contributed by atoms with Gasteiger partial charge in [0.1, 0.15) is 0 Å². The summed E-state index contributed by atoms with van der Waals surface area (Å²) < 4.78 is 0. The Morgan fingerprint density at radius 2 is 2.07 bits per heavy atom. The molecule has 5 nitrogen and oxygen atoms in total. The monoisotopic (exact) mass is 386 g/mol. The second-order valence-electron chi connectivity index (χ2n) is 7.44. The molecular formula is C21H27ClN4O. The Bertz CT molecular complexity index is 822. The summed E-state index contributed by atoms with van der Waals surface area (Å²) in [5.74, 6) is -0.174. The Hall–Kier alpha value is -1.95. The van der Waals surface area contributed by atoms with E-state index in [0.717, 1.165) is 48.7 Å². The maximum atomic E-state index is 12.6. The van der Waals surface area contributed by atoms with Crippen LogP contribution >= 0.6 is 11.6 Å². The van der Waals surface area contributed by atoms with E-state index in [9.17, 15) is 4.79 Å². The Kier molecular flexibility index (Phi) is 6.15. The third-order valence-corrected chi connectivity index (χ3v) is 5.56. The molecule has 27 heavy (non-hydrogen) atoms. The molecule has 1 saturated heterocycles. The van der Waals surface area contributed by atoms with Crippen molar-refractivity contribution in [3.63, 3.8) is 0 Å². The van der Waals surface area contributed by atoms with Gasteiger partial charge in [0.05, 0.1) is 5.56 Å². The summed E-state index contributed by atoms with van der Waals surface area (Å²) in [6, 6.07) is 7.96. The van der Waals surface area contributed by atoms with Crippen LogP contribution in [-0.2, 0) is 6.54 Å². The van der Waals surface area contributed by atoms with Crippen LogP contribution in [0.5, 0.6) is 0 Å². The second kappa shape index (κ2) is 8.38. The molecule has 1 atom stereocenters. The molecule has 1 aliphatic rings. The molecule has 3 rings (SSSR count).